The summed E-state index contributed by atoms with van der Waals surface area (Å²) in [5.74, 6) is 1.11. The second-order valence-electron chi connectivity index (χ2n) is 11.2. The molecule has 0 spiro atoms. The summed E-state index contributed by atoms with van der Waals surface area (Å²) in [5.41, 5.74) is 8.27. The molecule has 1 heterocycles. The number of fused-ring (bicyclic) bond motifs is 1. The topological polar surface area (TPSA) is 46.9 Å². The lowest BCUT2D eigenvalue weighted by atomic mass is 9.87. The number of para-hydroxylation sites is 2. The maximum Gasteiger partial charge on any atom is 0.224 e. The summed E-state index contributed by atoms with van der Waals surface area (Å²) in [6, 6.07) is 35.8. The zero-order valence-corrected chi connectivity index (χ0v) is 23.2. The lowest BCUT2D eigenvalue weighted by Gasteiger charge is -2.19. The maximum absolute atomic E-state index is 12.6. The van der Waals surface area contributed by atoms with Crippen molar-refractivity contribution in [1.82, 2.24) is 14.9 Å². The Labute approximate surface area is 231 Å². The maximum atomic E-state index is 12.6. The standard InChI is InChI=1S/C35H37N3O/c1-35(2,3)30-21-17-27(18-22-30)25-38-32-13-8-7-12-31(32)37-33(38)14-9-23-36-34(39)24-26-15-19-29(20-16-26)28-10-5-4-6-11-28/h4-8,10-13,15-22H,9,14,23-25H2,1-3H3,(H,36,39). The van der Waals surface area contributed by atoms with Crippen LogP contribution >= 0.6 is 0 Å². The molecule has 4 aromatic carbocycles. The van der Waals surface area contributed by atoms with E-state index in [1.54, 1.807) is 0 Å². The normalized spacial score (nSPS) is 11.6. The van der Waals surface area contributed by atoms with E-state index in [1.807, 2.05) is 36.4 Å². The molecule has 198 valence electrons. The third kappa shape index (κ3) is 6.64. The summed E-state index contributed by atoms with van der Waals surface area (Å²) in [7, 11) is 0. The third-order valence-corrected chi connectivity index (χ3v) is 7.22. The number of aryl methyl sites for hydroxylation is 1. The molecule has 0 bridgehead atoms. The average molecular weight is 516 g/mol. The van der Waals surface area contributed by atoms with Crippen LogP contribution in [-0.4, -0.2) is 22.0 Å². The van der Waals surface area contributed by atoms with E-state index in [4.69, 9.17) is 4.98 Å². The molecule has 0 saturated carbocycles. The minimum Gasteiger partial charge on any atom is -0.356 e. The number of carbonyl (C=O) groups is 1. The van der Waals surface area contributed by atoms with Crippen LogP contribution in [-0.2, 0) is 29.6 Å². The van der Waals surface area contributed by atoms with Crippen LogP contribution in [0.3, 0.4) is 0 Å². The third-order valence-electron chi connectivity index (χ3n) is 7.22. The van der Waals surface area contributed by atoms with Gasteiger partial charge in [-0.15, -0.1) is 0 Å². The largest absolute Gasteiger partial charge is 0.356 e. The Morgan fingerprint density at radius 3 is 2.13 bits per heavy atom. The number of aromatic nitrogens is 2. The van der Waals surface area contributed by atoms with Gasteiger partial charge in [-0.05, 0) is 51.8 Å². The van der Waals surface area contributed by atoms with Gasteiger partial charge in [-0.25, -0.2) is 4.98 Å². The fraction of sp³-hybridized carbons (Fsp3) is 0.257. The first-order chi connectivity index (χ1) is 18.9. The number of rotatable bonds is 9. The van der Waals surface area contributed by atoms with Gasteiger partial charge in [0.25, 0.3) is 0 Å². The molecular formula is C35H37N3O. The van der Waals surface area contributed by atoms with Crippen LogP contribution in [0.4, 0.5) is 0 Å². The molecule has 5 rings (SSSR count). The minimum atomic E-state index is 0.0508. The van der Waals surface area contributed by atoms with Gasteiger partial charge in [0.05, 0.1) is 17.5 Å². The van der Waals surface area contributed by atoms with E-state index in [0.717, 1.165) is 47.4 Å². The van der Waals surface area contributed by atoms with Gasteiger partial charge in [-0.2, -0.15) is 0 Å². The van der Waals surface area contributed by atoms with Crippen molar-refractivity contribution in [2.75, 3.05) is 6.54 Å². The Hall–Kier alpha value is -4.18. The van der Waals surface area contributed by atoms with Crippen molar-refractivity contribution >= 4 is 16.9 Å². The lowest BCUT2D eigenvalue weighted by Crippen LogP contribution is -2.26. The Morgan fingerprint density at radius 2 is 1.41 bits per heavy atom. The molecular weight excluding hydrogens is 478 g/mol. The fourth-order valence-electron chi connectivity index (χ4n) is 4.95. The van der Waals surface area contributed by atoms with Crippen LogP contribution < -0.4 is 5.32 Å². The second kappa shape index (κ2) is 11.7. The molecule has 4 nitrogen and oxygen atoms in total. The number of hydrogen-bond acceptors (Lipinski definition) is 2. The molecule has 5 aromatic rings. The van der Waals surface area contributed by atoms with Crippen LogP contribution in [0, 0.1) is 0 Å². The highest BCUT2D eigenvalue weighted by Crippen LogP contribution is 2.24. The smallest absolute Gasteiger partial charge is 0.224 e. The van der Waals surface area contributed by atoms with Gasteiger partial charge in [0.15, 0.2) is 0 Å². The number of amides is 1. The van der Waals surface area contributed by atoms with Crippen LogP contribution in [0.5, 0.6) is 0 Å². The van der Waals surface area contributed by atoms with E-state index in [9.17, 15) is 4.79 Å². The molecule has 1 N–H and O–H groups in total. The van der Waals surface area contributed by atoms with Crippen molar-refractivity contribution in [3.8, 4) is 11.1 Å². The van der Waals surface area contributed by atoms with Gasteiger partial charge in [0.2, 0.25) is 5.91 Å². The fourth-order valence-corrected chi connectivity index (χ4v) is 4.95. The van der Waals surface area contributed by atoms with Gasteiger partial charge in [0.1, 0.15) is 5.82 Å². The van der Waals surface area contributed by atoms with E-state index in [0.29, 0.717) is 13.0 Å². The molecule has 0 aliphatic rings. The van der Waals surface area contributed by atoms with E-state index in [2.05, 4.69) is 97.4 Å². The van der Waals surface area contributed by atoms with Crippen LogP contribution in [0.25, 0.3) is 22.2 Å². The zero-order valence-electron chi connectivity index (χ0n) is 23.2. The first kappa shape index (κ1) is 26.4. The Morgan fingerprint density at radius 1 is 0.769 bits per heavy atom. The summed E-state index contributed by atoms with van der Waals surface area (Å²) < 4.78 is 2.32. The van der Waals surface area contributed by atoms with E-state index >= 15 is 0 Å². The van der Waals surface area contributed by atoms with E-state index in [1.165, 1.54) is 16.7 Å². The number of nitrogens with zero attached hydrogens (tertiary/aromatic N) is 2. The number of benzene rings is 4. The van der Waals surface area contributed by atoms with Gasteiger partial charge in [0, 0.05) is 19.5 Å². The van der Waals surface area contributed by atoms with Crippen molar-refractivity contribution in [2.24, 2.45) is 0 Å². The molecule has 0 aliphatic carbocycles. The number of carbonyl (C=O) groups excluding carboxylic acids is 1. The predicted molar refractivity (Wildman–Crippen MR) is 161 cm³/mol. The first-order valence-electron chi connectivity index (χ1n) is 13.8. The number of nitrogens with one attached hydrogen (secondary N) is 1. The van der Waals surface area contributed by atoms with Gasteiger partial charge >= 0.3 is 0 Å². The zero-order chi connectivity index (χ0) is 27.2. The van der Waals surface area contributed by atoms with Gasteiger partial charge in [-0.1, -0.05) is 112 Å². The average Bonchev–Trinajstić information content (AvgIpc) is 3.29. The highest BCUT2D eigenvalue weighted by Gasteiger charge is 2.15. The summed E-state index contributed by atoms with van der Waals surface area (Å²) in [6.07, 6.45) is 2.03. The number of imidazole rings is 1. The van der Waals surface area contributed by atoms with Crippen LogP contribution in [0.1, 0.15) is 49.7 Å². The number of hydrogen-bond donors (Lipinski definition) is 1. The lowest BCUT2D eigenvalue weighted by molar-refractivity contribution is -0.120. The van der Waals surface area contributed by atoms with Crippen molar-refractivity contribution < 1.29 is 4.79 Å². The highest BCUT2D eigenvalue weighted by atomic mass is 16.1. The molecule has 4 heteroatoms. The molecule has 1 aromatic heterocycles. The summed E-state index contributed by atoms with van der Waals surface area (Å²) in [5, 5.41) is 3.09. The second-order valence-corrected chi connectivity index (χ2v) is 11.2. The van der Waals surface area contributed by atoms with Crippen LogP contribution in [0.15, 0.2) is 103 Å². The van der Waals surface area contributed by atoms with Crippen molar-refractivity contribution in [2.45, 2.75) is 52.0 Å². The molecule has 0 radical (unpaired) electrons. The first-order valence-corrected chi connectivity index (χ1v) is 13.8. The van der Waals surface area contributed by atoms with Crippen molar-refractivity contribution in [3.63, 3.8) is 0 Å². The van der Waals surface area contributed by atoms with Gasteiger partial charge < -0.3 is 9.88 Å². The SMILES string of the molecule is CC(C)(C)c1ccc(Cn2c(CCCNC(=O)Cc3ccc(-c4ccccc4)cc3)nc3ccccc32)cc1. The minimum absolute atomic E-state index is 0.0508. The molecule has 0 aliphatic heterocycles. The van der Waals surface area contributed by atoms with Crippen molar-refractivity contribution in [3.05, 3.63) is 126 Å². The quantitative estimate of drug-likeness (QED) is 0.209. The van der Waals surface area contributed by atoms with E-state index in [-0.39, 0.29) is 11.3 Å². The molecule has 0 saturated heterocycles. The summed E-state index contributed by atoms with van der Waals surface area (Å²) >= 11 is 0. The van der Waals surface area contributed by atoms with Gasteiger partial charge in [-0.3, -0.25) is 4.79 Å². The Balaban J connectivity index is 1.18. The summed E-state index contributed by atoms with van der Waals surface area (Å²) in [6.45, 7) is 8.13. The van der Waals surface area contributed by atoms with E-state index < -0.39 is 0 Å². The van der Waals surface area contributed by atoms with Crippen molar-refractivity contribution in [1.29, 1.82) is 0 Å². The monoisotopic (exact) mass is 515 g/mol. The molecule has 0 unspecified atom stereocenters. The molecule has 1 amide bonds. The molecule has 39 heavy (non-hydrogen) atoms. The molecule has 0 atom stereocenters. The summed E-state index contributed by atoms with van der Waals surface area (Å²) in [4.78, 5) is 17.5. The Bertz CT molecular complexity index is 1530. The predicted octanol–water partition coefficient (Wildman–Crippen LogP) is 7.34. The van der Waals surface area contributed by atoms with Crippen LogP contribution in [0.2, 0.25) is 0 Å². The highest BCUT2D eigenvalue weighted by molar-refractivity contribution is 5.79. The Kier molecular flexibility index (Phi) is 7.92. The molecule has 0 fully saturated rings.